The Morgan fingerprint density at radius 3 is 2.00 bits per heavy atom. The summed E-state index contributed by atoms with van der Waals surface area (Å²) < 4.78 is 29.4. The molecule has 0 aromatic heterocycles. The number of carbonyl (C=O) groups is 2. The topological polar surface area (TPSA) is 77.5 Å². The first-order chi connectivity index (χ1) is 10.3. The van der Waals surface area contributed by atoms with Crippen LogP contribution in [-0.4, -0.2) is 20.0 Å². The van der Waals surface area contributed by atoms with E-state index in [0.717, 1.165) is 0 Å². The van der Waals surface area contributed by atoms with Crippen molar-refractivity contribution < 1.29 is 22.2 Å². The largest absolute Gasteiger partial charge is 0.379 e. The minimum absolute atomic E-state index is 0.0587. The van der Waals surface area contributed by atoms with Crippen LogP contribution < -0.4 is 4.18 Å². The summed E-state index contributed by atoms with van der Waals surface area (Å²) in [5.41, 5.74) is 0.775. The molecule has 2 aromatic rings. The average Bonchev–Trinajstić information content (AvgIpc) is 2.47. The molecule has 6 heteroatoms. The number of hydrogen-bond acceptors (Lipinski definition) is 5. The van der Waals surface area contributed by atoms with Crippen molar-refractivity contribution in [1.29, 1.82) is 0 Å². The molecular formula is C16H14O5S. The van der Waals surface area contributed by atoms with Crippen LogP contribution in [0.1, 0.15) is 34.6 Å². The summed E-state index contributed by atoms with van der Waals surface area (Å²) in [6, 6.07) is 11.4. The molecule has 114 valence electrons. The fraction of sp³-hybridized carbons (Fsp3) is 0.125. The van der Waals surface area contributed by atoms with Gasteiger partial charge < -0.3 is 4.18 Å². The van der Waals surface area contributed by atoms with Crippen LogP contribution in [0.3, 0.4) is 0 Å². The van der Waals surface area contributed by atoms with Crippen LogP contribution in [0.25, 0.3) is 0 Å². The highest BCUT2D eigenvalue weighted by Gasteiger charge is 2.17. The molecule has 22 heavy (non-hydrogen) atoms. The predicted octanol–water partition coefficient (Wildman–Crippen LogP) is 2.86. The van der Waals surface area contributed by atoms with Crippen LogP contribution in [0.5, 0.6) is 5.75 Å². The highest BCUT2D eigenvalue weighted by Crippen LogP contribution is 2.20. The second-order valence-corrected chi connectivity index (χ2v) is 6.25. The van der Waals surface area contributed by atoms with Gasteiger partial charge in [0.05, 0.1) is 0 Å². The highest BCUT2D eigenvalue weighted by molar-refractivity contribution is 7.87. The number of carbonyl (C=O) groups excluding carboxylic acids is 2. The molecule has 0 fully saturated rings. The molecule has 0 saturated carbocycles. The van der Waals surface area contributed by atoms with Gasteiger partial charge in [-0.05, 0) is 38.1 Å². The molecule has 0 atom stereocenters. The highest BCUT2D eigenvalue weighted by atomic mass is 32.2. The van der Waals surface area contributed by atoms with Gasteiger partial charge in [-0.25, -0.2) is 0 Å². The van der Waals surface area contributed by atoms with Gasteiger partial charge in [-0.1, -0.05) is 24.3 Å². The molecule has 0 saturated heterocycles. The number of rotatable bonds is 5. The Morgan fingerprint density at radius 1 is 0.864 bits per heavy atom. The quantitative estimate of drug-likeness (QED) is 0.626. The zero-order valence-electron chi connectivity index (χ0n) is 12.1. The standard InChI is InChI=1S/C16H14O5S/c1-11(17)13-6-8-16(9-7-13)22(19,20)21-15-5-3-4-14(10-15)12(2)18/h3-10H,1-2H3. The van der Waals surface area contributed by atoms with Crippen molar-refractivity contribution in [3.05, 3.63) is 59.7 Å². The molecule has 0 unspecified atom stereocenters. The first-order valence-electron chi connectivity index (χ1n) is 6.46. The molecule has 0 radical (unpaired) electrons. The third-order valence-electron chi connectivity index (χ3n) is 3.00. The van der Waals surface area contributed by atoms with Crippen molar-refractivity contribution in [1.82, 2.24) is 0 Å². The van der Waals surface area contributed by atoms with Crippen molar-refractivity contribution in [3.63, 3.8) is 0 Å². The van der Waals surface area contributed by atoms with Gasteiger partial charge >= 0.3 is 10.1 Å². The fourth-order valence-corrected chi connectivity index (χ4v) is 2.72. The number of hydrogen-bond donors (Lipinski definition) is 0. The normalized spacial score (nSPS) is 11.0. The SMILES string of the molecule is CC(=O)c1ccc(S(=O)(=O)Oc2cccc(C(C)=O)c2)cc1. The maximum absolute atomic E-state index is 12.2. The van der Waals surface area contributed by atoms with E-state index >= 15 is 0 Å². The summed E-state index contributed by atoms with van der Waals surface area (Å²) in [5.74, 6) is -0.281. The van der Waals surface area contributed by atoms with Crippen molar-refractivity contribution in [3.8, 4) is 5.75 Å². The fourth-order valence-electron chi connectivity index (χ4n) is 1.80. The predicted molar refractivity (Wildman–Crippen MR) is 80.7 cm³/mol. The van der Waals surface area contributed by atoms with E-state index in [0.29, 0.717) is 11.1 Å². The van der Waals surface area contributed by atoms with Crippen LogP contribution in [0.15, 0.2) is 53.4 Å². The van der Waals surface area contributed by atoms with E-state index in [1.807, 2.05) is 0 Å². The van der Waals surface area contributed by atoms with E-state index in [9.17, 15) is 18.0 Å². The van der Waals surface area contributed by atoms with Crippen molar-refractivity contribution >= 4 is 21.7 Å². The molecule has 0 heterocycles. The van der Waals surface area contributed by atoms with Crippen LogP contribution in [-0.2, 0) is 10.1 Å². The molecule has 0 amide bonds. The summed E-state index contributed by atoms with van der Waals surface area (Å²) >= 11 is 0. The molecule has 5 nitrogen and oxygen atoms in total. The average molecular weight is 318 g/mol. The Hall–Kier alpha value is -2.47. The molecule has 2 aromatic carbocycles. The zero-order chi connectivity index (χ0) is 16.3. The van der Waals surface area contributed by atoms with Gasteiger partial charge in [0, 0.05) is 11.1 Å². The molecule has 0 N–H and O–H groups in total. The Labute approximate surface area is 128 Å². The summed E-state index contributed by atoms with van der Waals surface area (Å²) in [4.78, 5) is 22.4. The molecule has 2 rings (SSSR count). The maximum Gasteiger partial charge on any atom is 0.339 e. The minimum atomic E-state index is -4.02. The lowest BCUT2D eigenvalue weighted by molar-refractivity contribution is 0.100. The molecule has 0 spiro atoms. The summed E-state index contributed by atoms with van der Waals surface area (Å²) in [6.07, 6.45) is 0. The zero-order valence-corrected chi connectivity index (χ0v) is 12.9. The van der Waals surface area contributed by atoms with Gasteiger partial charge in [0.15, 0.2) is 11.6 Å². The van der Waals surface area contributed by atoms with E-state index in [2.05, 4.69) is 0 Å². The smallest absolute Gasteiger partial charge is 0.339 e. The van der Waals surface area contributed by atoms with Gasteiger partial charge in [-0.15, -0.1) is 0 Å². The van der Waals surface area contributed by atoms with Gasteiger partial charge in [0.25, 0.3) is 0 Å². The second-order valence-electron chi connectivity index (χ2n) is 4.70. The minimum Gasteiger partial charge on any atom is -0.379 e. The van der Waals surface area contributed by atoms with Crippen molar-refractivity contribution in [2.45, 2.75) is 18.7 Å². The van der Waals surface area contributed by atoms with E-state index in [1.165, 1.54) is 50.2 Å². The Morgan fingerprint density at radius 2 is 1.45 bits per heavy atom. The first-order valence-corrected chi connectivity index (χ1v) is 7.87. The lowest BCUT2D eigenvalue weighted by atomic mass is 10.1. The van der Waals surface area contributed by atoms with E-state index < -0.39 is 10.1 Å². The Bertz CT molecular complexity index is 820. The number of ketones is 2. The number of benzene rings is 2. The number of Topliss-reactive ketones (excluding diaryl/α,β-unsaturated/α-hetero) is 2. The first kappa shape index (κ1) is 15.9. The van der Waals surface area contributed by atoms with Gasteiger partial charge in [0.2, 0.25) is 0 Å². The lowest BCUT2D eigenvalue weighted by Gasteiger charge is -2.08. The summed E-state index contributed by atoms with van der Waals surface area (Å²) in [7, 11) is -4.02. The van der Waals surface area contributed by atoms with E-state index in [1.54, 1.807) is 12.1 Å². The lowest BCUT2D eigenvalue weighted by Crippen LogP contribution is -2.10. The van der Waals surface area contributed by atoms with Crippen LogP contribution in [0, 0.1) is 0 Å². The van der Waals surface area contributed by atoms with Crippen molar-refractivity contribution in [2.24, 2.45) is 0 Å². The van der Waals surface area contributed by atoms with E-state index in [-0.39, 0.29) is 22.2 Å². The van der Waals surface area contributed by atoms with Crippen molar-refractivity contribution in [2.75, 3.05) is 0 Å². The second kappa shape index (κ2) is 6.11. The Balaban J connectivity index is 2.29. The Kier molecular flexibility index (Phi) is 4.42. The van der Waals surface area contributed by atoms with E-state index in [4.69, 9.17) is 4.18 Å². The van der Waals surface area contributed by atoms with Gasteiger partial charge in [-0.3, -0.25) is 9.59 Å². The third kappa shape index (κ3) is 3.59. The molecular weight excluding hydrogens is 304 g/mol. The molecule has 0 bridgehead atoms. The van der Waals surface area contributed by atoms with Crippen LogP contribution in [0.2, 0.25) is 0 Å². The summed E-state index contributed by atoms with van der Waals surface area (Å²) in [6.45, 7) is 2.78. The third-order valence-corrected chi connectivity index (χ3v) is 4.26. The van der Waals surface area contributed by atoms with Crippen LogP contribution in [0.4, 0.5) is 0 Å². The molecule has 0 aliphatic rings. The summed E-state index contributed by atoms with van der Waals surface area (Å²) in [5, 5.41) is 0. The van der Waals surface area contributed by atoms with Gasteiger partial charge in [0.1, 0.15) is 10.6 Å². The molecule has 0 aliphatic carbocycles. The van der Waals surface area contributed by atoms with Crippen LogP contribution >= 0.6 is 0 Å². The maximum atomic E-state index is 12.2. The van der Waals surface area contributed by atoms with Gasteiger partial charge in [-0.2, -0.15) is 8.42 Å². The molecule has 0 aliphatic heterocycles. The monoisotopic (exact) mass is 318 g/mol.